The van der Waals surface area contributed by atoms with Crippen LogP contribution < -0.4 is 5.73 Å². The van der Waals surface area contributed by atoms with Crippen LogP contribution in [0, 0.1) is 0 Å². The summed E-state index contributed by atoms with van der Waals surface area (Å²) >= 11 is 0. The van der Waals surface area contributed by atoms with Crippen LogP contribution in [0.1, 0.15) is 24.8 Å². The van der Waals surface area contributed by atoms with E-state index in [2.05, 4.69) is 6.07 Å². The summed E-state index contributed by atoms with van der Waals surface area (Å²) in [5.74, 6) is -0.832. The van der Waals surface area contributed by atoms with Crippen molar-refractivity contribution in [3.8, 4) is 0 Å². The van der Waals surface area contributed by atoms with Crippen LogP contribution in [-0.2, 0) is 4.79 Å². The molecule has 0 amide bonds. The van der Waals surface area contributed by atoms with Crippen molar-refractivity contribution in [1.82, 2.24) is 0 Å². The third-order valence-corrected chi connectivity index (χ3v) is 3.37. The lowest BCUT2D eigenvalue weighted by molar-refractivity contribution is -0.137. The van der Waals surface area contributed by atoms with Gasteiger partial charge < -0.3 is 10.8 Å². The van der Waals surface area contributed by atoms with Gasteiger partial charge in [0.25, 0.3) is 0 Å². The van der Waals surface area contributed by atoms with Crippen LogP contribution in [-0.4, -0.2) is 17.1 Å². The van der Waals surface area contributed by atoms with Gasteiger partial charge in [-0.3, -0.25) is 4.79 Å². The zero-order valence-electron chi connectivity index (χ0n) is 10.3. The molecule has 3 heteroatoms. The van der Waals surface area contributed by atoms with Crippen molar-refractivity contribution < 1.29 is 9.90 Å². The highest BCUT2D eigenvalue weighted by atomic mass is 16.4. The molecule has 0 heterocycles. The number of rotatable bonds is 4. The predicted octanol–water partition coefficient (Wildman–Crippen LogP) is 2.75. The predicted molar refractivity (Wildman–Crippen MR) is 72.6 cm³/mol. The molecule has 2 aromatic carbocycles. The zero-order valence-corrected chi connectivity index (χ0v) is 10.3. The molecular weight excluding hydrogens is 226 g/mol. The summed E-state index contributed by atoms with van der Waals surface area (Å²) in [5, 5.41) is 11.1. The maximum Gasteiger partial charge on any atom is 0.304 e. The minimum Gasteiger partial charge on any atom is -0.481 e. The Bertz CT molecular complexity index is 560. The molecule has 0 saturated heterocycles. The highest BCUT2D eigenvalue weighted by molar-refractivity contribution is 5.86. The molecule has 0 aromatic heterocycles. The molecule has 0 saturated carbocycles. The van der Waals surface area contributed by atoms with Crippen molar-refractivity contribution in [2.75, 3.05) is 0 Å². The second-order valence-corrected chi connectivity index (χ2v) is 4.62. The van der Waals surface area contributed by atoms with E-state index in [0.717, 1.165) is 16.3 Å². The van der Waals surface area contributed by atoms with E-state index in [9.17, 15) is 4.79 Å². The molecular formula is C15H17NO2. The molecule has 18 heavy (non-hydrogen) atoms. The van der Waals surface area contributed by atoms with Crippen LogP contribution in [0.25, 0.3) is 10.8 Å². The molecule has 0 bridgehead atoms. The van der Waals surface area contributed by atoms with Gasteiger partial charge in [0.05, 0.1) is 6.42 Å². The average molecular weight is 243 g/mol. The molecule has 0 radical (unpaired) electrons. The van der Waals surface area contributed by atoms with Crippen LogP contribution in [0.3, 0.4) is 0 Å². The van der Waals surface area contributed by atoms with Gasteiger partial charge in [-0.2, -0.15) is 0 Å². The van der Waals surface area contributed by atoms with Gasteiger partial charge in [-0.25, -0.2) is 0 Å². The molecule has 0 aliphatic heterocycles. The van der Waals surface area contributed by atoms with E-state index < -0.39 is 5.97 Å². The molecule has 3 nitrogen and oxygen atoms in total. The first-order valence-corrected chi connectivity index (χ1v) is 6.04. The van der Waals surface area contributed by atoms with Crippen LogP contribution in [0.4, 0.5) is 0 Å². The molecule has 2 aromatic rings. The Morgan fingerprint density at radius 3 is 2.61 bits per heavy atom. The van der Waals surface area contributed by atoms with E-state index in [4.69, 9.17) is 10.8 Å². The maximum absolute atomic E-state index is 10.7. The Kier molecular flexibility index (Phi) is 3.63. The quantitative estimate of drug-likeness (QED) is 0.867. The molecule has 2 rings (SSSR count). The lowest BCUT2D eigenvalue weighted by Gasteiger charge is -2.20. The number of benzene rings is 2. The van der Waals surface area contributed by atoms with Crippen molar-refractivity contribution in [3.63, 3.8) is 0 Å². The number of hydrogen-bond donors (Lipinski definition) is 2. The zero-order chi connectivity index (χ0) is 13.1. The van der Waals surface area contributed by atoms with Gasteiger partial charge in [0, 0.05) is 6.04 Å². The fourth-order valence-electron chi connectivity index (χ4n) is 2.26. The smallest absolute Gasteiger partial charge is 0.304 e. The topological polar surface area (TPSA) is 63.3 Å². The normalized spacial score (nSPS) is 14.3. The molecule has 0 aliphatic carbocycles. The van der Waals surface area contributed by atoms with Gasteiger partial charge in [0.15, 0.2) is 0 Å². The lowest BCUT2D eigenvalue weighted by Crippen LogP contribution is -2.29. The lowest BCUT2D eigenvalue weighted by atomic mass is 9.88. The third-order valence-electron chi connectivity index (χ3n) is 3.37. The first kappa shape index (κ1) is 12.6. The summed E-state index contributed by atoms with van der Waals surface area (Å²) in [6, 6.07) is 13.8. The van der Waals surface area contributed by atoms with Crippen LogP contribution in [0.5, 0.6) is 0 Å². The average Bonchev–Trinajstić information content (AvgIpc) is 2.36. The van der Waals surface area contributed by atoms with Gasteiger partial charge in [0.2, 0.25) is 0 Å². The summed E-state index contributed by atoms with van der Waals surface area (Å²) in [7, 11) is 0. The Labute approximate surface area is 106 Å². The molecule has 0 fully saturated rings. The standard InChI is InChI=1S/C15H17NO2/c1-10(14(16)9-15(17)18)12-8-4-6-11-5-2-3-7-13(11)12/h2-8,10,14H,9,16H2,1H3,(H,17,18). The molecule has 94 valence electrons. The monoisotopic (exact) mass is 243 g/mol. The first-order chi connectivity index (χ1) is 8.59. The van der Waals surface area contributed by atoms with Crippen LogP contribution in [0.15, 0.2) is 42.5 Å². The van der Waals surface area contributed by atoms with E-state index in [1.165, 1.54) is 0 Å². The largest absolute Gasteiger partial charge is 0.481 e. The summed E-state index contributed by atoms with van der Waals surface area (Å²) in [4.78, 5) is 10.7. The minimum absolute atomic E-state index is 0.00954. The van der Waals surface area contributed by atoms with Crippen molar-refractivity contribution in [2.45, 2.75) is 25.3 Å². The number of carboxylic acid groups (broad SMARTS) is 1. The van der Waals surface area contributed by atoms with E-state index in [1.807, 2.05) is 43.3 Å². The van der Waals surface area contributed by atoms with Crippen molar-refractivity contribution in [1.29, 1.82) is 0 Å². The van der Waals surface area contributed by atoms with Crippen molar-refractivity contribution in [3.05, 3.63) is 48.0 Å². The number of nitrogens with two attached hydrogens (primary N) is 1. The second kappa shape index (κ2) is 5.19. The molecule has 0 spiro atoms. The number of carbonyl (C=O) groups is 1. The first-order valence-electron chi connectivity index (χ1n) is 6.04. The number of fused-ring (bicyclic) bond motifs is 1. The SMILES string of the molecule is CC(c1cccc2ccccc12)C(N)CC(=O)O. The highest BCUT2D eigenvalue weighted by Crippen LogP contribution is 2.27. The minimum atomic E-state index is -0.852. The fourth-order valence-corrected chi connectivity index (χ4v) is 2.26. The van der Waals surface area contributed by atoms with Crippen LogP contribution >= 0.6 is 0 Å². The summed E-state index contributed by atoms with van der Waals surface area (Å²) in [6.07, 6.45) is -0.00954. The van der Waals surface area contributed by atoms with Crippen molar-refractivity contribution >= 4 is 16.7 Å². The van der Waals surface area contributed by atoms with E-state index >= 15 is 0 Å². The molecule has 2 unspecified atom stereocenters. The van der Waals surface area contributed by atoms with Gasteiger partial charge in [-0.05, 0) is 22.3 Å². The number of hydrogen-bond acceptors (Lipinski definition) is 2. The number of carboxylic acids is 1. The van der Waals surface area contributed by atoms with Gasteiger partial charge >= 0.3 is 5.97 Å². The van der Waals surface area contributed by atoms with Gasteiger partial charge in [0.1, 0.15) is 0 Å². The van der Waals surface area contributed by atoms with E-state index in [1.54, 1.807) is 0 Å². The summed E-state index contributed by atoms with van der Waals surface area (Å²) < 4.78 is 0. The van der Waals surface area contributed by atoms with Crippen LogP contribution in [0.2, 0.25) is 0 Å². The molecule has 0 aliphatic rings. The Hall–Kier alpha value is -1.87. The highest BCUT2D eigenvalue weighted by Gasteiger charge is 2.19. The van der Waals surface area contributed by atoms with Crippen molar-refractivity contribution in [2.24, 2.45) is 5.73 Å². The molecule has 3 N–H and O–H groups in total. The maximum atomic E-state index is 10.7. The van der Waals surface area contributed by atoms with Gasteiger partial charge in [-0.1, -0.05) is 49.4 Å². The second-order valence-electron chi connectivity index (χ2n) is 4.62. The Morgan fingerprint density at radius 2 is 1.89 bits per heavy atom. The molecule has 2 atom stereocenters. The third kappa shape index (κ3) is 2.51. The summed E-state index contributed by atoms with van der Waals surface area (Å²) in [6.45, 7) is 1.98. The Morgan fingerprint density at radius 1 is 1.22 bits per heavy atom. The summed E-state index contributed by atoms with van der Waals surface area (Å²) in [5.41, 5.74) is 7.07. The fraction of sp³-hybridized carbons (Fsp3) is 0.267. The van der Waals surface area contributed by atoms with E-state index in [-0.39, 0.29) is 18.4 Å². The Balaban J connectivity index is 2.38. The number of aliphatic carboxylic acids is 1. The van der Waals surface area contributed by atoms with E-state index in [0.29, 0.717) is 0 Å². The van der Waals surface area contributed by atoms with Gasteiger partial charge in [-0.15, -0.1) is 0 Å².